The molecule has 0 aliphatic heterocycles. The Labute approximate surface area is 92.7 Å². The van der Waals surface area contributed by atoms with Crippen LogP contribution in [-0.4, -0.2) is 11.4 Å². The van der Waals surface area contributed by atoms with E-state index >= 15 is 0 Å². The molecule has 0 bridgehead atoms. The van der Waals surface area contributed by atoms with Crippen molar-refractivity contribution in [3.05, 3.63) is 22.4 Å². The number of carbonyl (C=O) groups excluding carboxylic acids is 1. The van der Waals surface area contributed by atoms with E-state index in [4.69, 9.17) is 5.26 Å². The van der Waals surface area contributed by atoms with Crippen LogP contribution in [0.15, 0.2) is 16.8 Å². The van der Waals surface area contributed by atoms with Crippen molar-refractivity contribution in [2.75, 3.05) is 0 Å². The van der Waals surface area contributed by atoms with E-state index in [0.717, 1.165) is 25.7 Å². The largest absolute Gasteiger partial charge is 0.334 e. The second kappa shape index (κ2) is 4.03. The standard InChI is InChI=1S/C11H12N2OS/c12-8-11(4-1-2-5-11)13-10(14)9-3-6-15-7-9/h3,6-7H,1-2,4-5H2,(H,13,14). The lowest BCUT2D eigenvalue weighted by Crippen LogP contribution is -2.44. The van der Waals surface area contributed by atoms with Gasteiger partial charge in [0, 0.05) is 5.38 Å². The number of nitrogens with zero attached hydrogens (tertiary/aromatic N) is 1. The zero-order valence-corrected chi connectivity index (χ0v) is 9.14. The summed E-state index contributed by atoms with van der Waals surface area (Å²) in [6, 6.07) is 4.02. The Kier molecular flexibility index (Phi) is 2.74. The lowest BCUT2D eigenvalue weighted by atomic mass is 9.99. The van der Waals surface area contributed by atoms with Gasteiger partial charge >= 0.3 is 0 Å². The van der Waals surface area contributed by atoms with Gasteiger partial charge < -0.3 is 5.32 Å². The first-order chi connectivity index (χ1) is 7.26. The van der Waals surface area contributed by atoms with Gasteiger partial charge in [-0.1, -0.05) is 0 Å². The SMILES string of the molecule is N#CC1(NC(=O)c2ccsc2)CCCC1. The van der Waals surface area contributed by atoms with Gasteiger partial charge in [-0.25, -0.2) is 0 Å². The van der Waals surface area contributed by atoms with Crippen LogP contribution >= 0.6 is 11.3 Å². The Morgan fingerprint density at radius 2 is 2.27 bits per heavy atom. The van der Waals surface area contributed by atoms with Crippen LogP contribution in [0.4, 0.5) is 0 Å². The van der Waals surface area contributed by atoms with Crippen LogP contribution in [0, 0.1) is 11.3 Å². The number of nitrogens with one attached hydrogen (secondary N) is 1. The van der Waals surface area contributed by atoms with Crippen molar-refractivity contribution in [3.8, 4) is 6.07 Å². The highest BCUT2D eigenvalue weighted by Gasteiger charge is 2.35. The highest BCUT2D eigenvalue weighted by Crippen LogP contribution is 2.29. The van der Waals surface area contributed by atoms with Gasteiger partial charge in [-0.05, 0) is 37.1 Å². The molecule has 1 aromatic rings. The minimum Gasteiger partial charge on any atom is -0.334 e. The van der Waals surface area contributed by atoms with Crippen molar-refractivity contribution in [3.63, 3.8) is 0 Å². The Morgan fingerprint density at radius 1 is 1.53 bits per heavy atom. The van der Waals surface area contributed by atoms with E-state index in [0.29, 0.717) is 5.56 Å². The summed E-state index contributed by atoms with van der Waals surface area (Å²) in [7, 11) is 0. The van der Waals surface area contributed by atoms with E-state index in [9.17, 15) is 4.79 Å². The van der Waals surface area contributed by atoms with Crippen molar-refractivity contribution in [2.45, 2.75) is 31.2 Å². The van der Waals surface area contributed by atoms with Crippen molar-refractivity contribution >= 4 is 17.2 Å². The zero-order chi connectivity index (χ0) is 10.7. The molecule has 0 spiro atoms. The zero-order valence-electron chi connectivity index (χ0n) is 8.32. The highest BCUT2D eigenvalue weighted by atomic mass is 32.1. The first kappa shape index (κ1) is 10.2. The molecular formula is C11H12N2OS. The summed E-state index contributed by atoms with van der Waals surface area (Å²) in [6.07, 6.45) is 3.60. The predicted molar refractivity (Wildman–Crippen MR) is 58.6 cm³/mol. The minimum atomic E-state index is -0.612. The molecule has 1 N–H and O–H groups in total. The second-order valence-corrected chi connectivity index (χ2v) is 4.65. The number of nitriles is 1. The summed E-state index contributed by atoms with van der Waals surface area (Å²) in [5, 5.41) is 15.6. The summed E-state index contributed by atoms with van der Waals surface area (Å²) in [5.74, 6) is -0.125. The molecule has 1 aromatic heterocycles. The van der Waals surface area contributed by atoms with Crippen molar-refractivity contribution in [1.29, 1.82) is 5.26 Å². The van der Waals surface area contributed by atoms with E-state index < -0.39 is 5.54 Å². The smallest absolute Gasteiger partial charge is 0.253 e. The minimum absolute atomic E-state index is 0.125. The third kappa shape index (κ3) is 2.02. The maximum Gasteiger partial charge on any atom is 0.253 e. The molecule has 1 saturated carbocycles. The molecule has 0 saturated heterocycles. The molecule has 4 heteroatoms. The fourth-order valence-corrected chi connectivity index (χ4v) is 2.56. The number of hydrogen-bond acceptors (Lipinski definition) is 3. The summed E-state index contributed by atoms with van der Waals surface area (Å²) in [5.41, 5.74) is 0.0421. The lowest BCUT2D eigenvalue weighted by molar-refractivity contribution is 0.0921. The Balaban J connectivity index is 2.08. The lowest BCUT2D eigenvalue weighted by Gasteiger charge is -2.21. The third-order valence-corrected chi connectivity index (χ3v) is 3.49. The van der Waals surface area contributed by atoms with Crippen LogP contribution < -0.4 is 5.32 Å². The normalized spacial score (nSPS) is 18.3. The number of carbonyl (C=O) groups is 1. The number of thiophene rings is 1. The second-order valence-electron chi connectivity index (χ2n) is 3.87. The predicted octanol–water partition coefficient (Wildman–Crippen LogP) is 2.31. The van der Waals surface area contributed by atoms with Crippen LogP contribution in [0.2, 0.25) is 0 Å². The molecule has 1 fully saturated rings. The fraction of sp³-hybridized carbons (Fsp3) is 0.455. The summed E-state index contributed by atoms with van der Waals surface area (Å²) in [4.78, 5) is 11.8. The topological polar surface area (TPSA) is 52.9 Å². The van der Waals surface area contributed by atoms with Crippen LogP contribution in [-0.2, 0) is 0 Å². The molecule has 15 heavy (non-hydrogen) atoms. The van der Waals surface area contributed by atoms with Crippen molar-refractivity contribution in [2.24, 2.45) is 0 Å². The van der Waals surface area contributed by atoms with Crippen LogP contribution in [0.5, 0.6) is 0 Å². The van der Waals surface area contributed by atoms with Crippen LogP contribution in [0.1, 0.15) is 36.0 Å². The molecule has 0 atom stereocenters. The summed E-state index contributed by atoms with van der Waals surface area (Å²) < 4.78 is 0. The molecule has 2 rings (SSSR count). The number of hydrogen-bond donors (Lipinski definition) is 1. The molecule has 1 aliphatic rings. The molecular weight excluding hydrogens is 208 g/mol. The molecule has 1 aliphatic carbocycles. The number of rotatable bonds is 2. The Morgan fingerprint density at radius 3 is 2.80 bits per heavy atom. The van der Waals surface area contributed by atoms with Gasteiger partial charge in [0.1, 0.15) is 5.54 Å². The molecule has 1 amide bonds. The average molecular weight is 220 g/mol. The van der Waals surface area contributed by atoms with E-state index in [1.807, 2.05) is 5.38 Å². The van der Waals surface area contributed by atoms with Gasteiger partial charge in [0.05, 0.1) is 11.6 Å². The first-order valence-electron chi connectivity index (χ1n) is 5.02. The molecule has 0 unspecified atom stereocenters. The van der Waals surface area contributed by atoms with E-state index in [2.05, 4.69) is 11.4 Å². The van der Waals surface area contributed by atoms with Crippen LogP contribution in [0.3, 0.4) is 0 Å². The number of amides is 1. The van der Waals surface area contributed by atoms with Gasteiger partial charge in [0.2, 0.25) is 0 Å². The van der Waals surface area contributed by atoms with Gasteiger partial charge in [0.25, 0.3) is 5.91 Å². The maximum atomic E-state index is 11.8. The van der Waals surface area contributed by atoms with Gasteiger partial charge in [0.15, 0.2) is 0 Å². The van der Waals surface area contributed by atoms with Gasteiger partial charge in [-0.2, -0.15) is 16.6 Å². The van der Waals surface area contributed by atoms with E-state index in [1.165, 1.54) is 11.3 Å². The summed E-state index contributed by atoms with van der Waals surface area (Å²) >= 11 is 1.49. The average Bonchev–Trinajstić information content (AvgIpc) is 2.88. The first-order valence-corrected chi connectivity index (χ1v) is 5.96. The maximum absolute atomic E-state index is 11.8. The van der Waals surface area contributed by atoms with E-state index in [-0.39, 0.29) is 5.91 Å². The summed E-state index contributed by atoms with van der Waals surface area (Å²) in [6.45, 7) is 0. The van der Waals surface area contributed by atoms with Crippen molar-refractivity contribution < 1.29 is 4.79 Å². The Bertz CT molecular complexity index is 385. The Hall–Kier alpha value is -1.34. The van der Waals surface area contributed by atoms with E-state index in [1.54, 1.807) is 11.4 Å². The monoisotopic (exact) mass is 220 g/mol. The molecule has 0 radical (unpaired) electrons. The van der Waals surface area contributed by atoms with Crippen LogP contribution in [0.25, 0.3) is 0 Å². The quantitative estimate of drug-likeness (QED) is 0.831. The molecule has 3 nitrogen and oxygen atoms in total. The van der Waals surface area contributed by atoms with Crippen molar-refractivity contribution in [1.82, 2.24) is 5.32 Å². The van der Waals surface area contributed by atoms with Gasteiger partial charge in [-0.3, -0.25) is 4.79 Å². The highest BCUT2D eigenvalue weighted by molar-refractivity contribution is 7.08. The third-order valence-electron chi connectivity index (χ3n) is 2.81. The van der Waals surface area contributed by atoms with Gasteiger partial charge in [-0.15, -0.1) is 0 Å². The molecule has 78 valence electrons. The molecule has 0 aromatic carbocycles. The molecule has 1 heterocycles. The fourth-order valence-electron chi connectivity index (χ4n) is 1.93.